The number of amides is 2. The summed E-state index contributed by atoms with van der Waals surface area (Å²) in [6, 6.07) is 7.38. The molecule has 0 aliphatic rings. The van der Waals surface area contributed by atoms with Gasteiger partial charge in [-0.05, 0) is 47.2 Å². The summed E-state index contributed by atoms with van der Waals surface area (Å²) in [5, 5.41) is 2.76. The number of hydrogen-bond donors (Lipinski definition) is 1. The van der Waals surface area contributed by atoms with Gasteiger partial charge in [0.25, 0.3) is 0 Å². The molecule has 0 fully saturated rings. The molecule has 0 bridgehead atoms. The lowest BCUT2D eigenvalue weighted by Crippen LogP contribution is -2.54. The minimum atomic E-state index is -1.11. The number of imide groups is 1. The molecule has 2 amide bonds. The fourth-order valence-corrected chi connectivity index (χ4v) is 2.04. The summed E-state index contributed by atoms with van der Waals surface area (Å²) in [6.45, 7) is 8.16. The lowest BCUT2D eigenvalue weighted by atomic mass is 10.2. The van der Waals surface area contributed by atoms with Crippen molar-refractivity contribution in [2.45, 2.75) is 58.9 Å². The maximum Gasteiger partial charge on any atom is 0.417 e. The first-order valence-corrected chi connectivity index (χ1v) is 8.50. The van der Waals surface area contributed by atoms with Crippen molar-refractivity contribution in [2.24, 2.45) is 0 Å². The van der Waals surface area contributed by atoms with Gasteiger partial charge in [0, 0.05) is 0 Å². The SMILES string of the molecule is CN[C@@H](C)C(=O)N(C(=O)OC(C)(C)C)[C@@H](C)C(=O)OCc1ccccc1. The highest BCUT2D eigenvalue weighted by molar-refractivity contribution is 5.99. The monoisotopic (exact) mass is 364 g/mol. The molecule has 0 radical (unpaired) electrons. The van der Waals surface area contributed by atoms with Crippen molar-refractivity contribution in [1.82, 2.24) is 10.2 Å². The molecule has 0 unspecified atom stereocenters. The number of rotatable bonds is 6. The van der Waals surface area contributed by atoms with E-state index in [1.807, 2.05) is 30.3 Å². The first-order chi connectivity index (χ1) is 12.1. The highest BCUT2D eigenvalue weighted by Crippen LogP contribution is 2.15. The van der Waals surface area contributed by atoms with Crippen LogP contribution in [-0.2, 0) is 25.7 Å². The summed E-state index contributed by atoms with van der Waals surface area (Å²) in [6.07, 6.45) is -0.881. The second-order valence-corrected chi connectivity index (χ2v) is 6.97. The zero-order valence-electron chi connectivity index (χ0n) is 16.2. The number of esters is 1. The Morgan fingerprint density at radius 1 is 1.12 bits per heavy atom. The van der Waals surface area contributed by atoms with Crippen LogP contribution in [0.4, 0.5) is 4.79 Å². The molecule has 1 rings (SSSR count). The number of carbonyl (C=O) groups excluding carboxylic acids is 3. The van der Waals surface area contributed by atoms with Gasteiger partial charge in [-0.15, -0.1) is 0 Å². The van der Waals surface area contributed by atoms with Gasteiger partial charge >= 0.3 is 12.1 Å². The number of hydrogen-bond acceptors (Lipinski definition) is 6. The van der Waals surface area contributed by atoms with Gasteiger partial charge in [0.1, 0.15) is 18.2 Å². The summed E-state index contributed by atoms with van der Waals surface area (Å²) in [7, 11) is 1.59. The normalized spacial score (nSPS) is 13.5. The van der Waals surface area contributed by atoms with Gasteiger partial charge in [-0.25, -0.2) is 14.5 Å². The number of nitrogens with one attached hydrogen (secondary N) is 1. The van der Waals surface area contributed by atoms with Crippen LogP contribution in [0.25, 0.3) is 0 Å². The first kappa shape index (κ1) is 21.6. The van der Waals surface area contributed by atoms with E-state index >= 15 is 0 Å². The first-order valence-electron chi connectivity index (χ1n) is 8.50. The Labute approximate surface area is 154 Å². The van der Waals surface area contributed by atoms with Crippen LogP contribution in [0.1, 0.15) is 40.2 Å². The highest BCUT2D eigenvalue weighted by Gasteiger charge is 2.37. The average Bonchev–Trinajstić information content (AvgIpc) is 2.58. The van der Waals surface area contributed by atoms with E-state index in [1.54, 1.807) is 34.7 Å². The molecular formula is C19H28N2O5. The molecule has 0 aliphatic carbocycles. The van der Waals surface area contributed by atoms with E-state index in [2.05, 4.69) is 5.32 Å². The third-order valence-corrected chi connectivity index (χ3v) is 3.58. The quantitative estimate of drug-likeness (QED) is 0.781. The Morgan fingerprint density at radius 3 is 2.19 bits per heavy atom. The smallest absolute Gasteiger partial charge is 0.417 e. The van der Waals surface area contributed by atoms with E-state index in [0.717, 1.165) is 10.5 Å². The van der Waals surface area contributed by atoms with E-state index in [-0.39, 0.29) is 6.61 Å². The Balaban J connectivity index is 2.91. The summed E-state index contributed by atoms with van der Waals surface area (Å²) < 4.78 is 10.5. The minimum Gasteiger partial charge on any atom is -0.459 e. The fourth-order valence-electron chi connectivity index (χ4n) is 2.04. The van der Waals surface area contributed by atoms with Crippen molar-refractivity contribution < 1.29 is 23.9 Å². The topological polar surface area (TPSA) is 84.9 Å². The second kappa shape index (κ2) is 9.33. The summed E-state index contributed by atoms with van der Waals surface area (Å²) in [5.74, 6) is -1.25. The molecule has 1 N–H and O–H groups in total. The van der Waals surface area contributed by atoms with Gasteiger partial charge in [-0.1, -0.05) is 30.3 Å². The van der Waals surface area contributed by atoms with Crippen LogP contribution >= 0.6 is 0 Å². The van der Waals surface area contributed by atoms with Gasteiger partial charge in [0.05, 0.1) is 6.04 Å². The average molecular weight is 364 g/mol. The van der Waals surface area contributed by atoms with Crippen molar-refractivity contribution in [2.75, 3.05) is 7.05 Å². The predicted octanol–water partition coefficient (Wildman–Crippen LogP) is 2.49. The second-order valence-electron chi connectivity index (χ2n) is 6.97. The molecule has 1 aromatic rings. The molecule has 2 atom stereocenters. The minimum absolute atomic E-state index is 0.0575. The van der Waals surface area contributed by atoms with Crippen LogP contribution in [0.3, 0.4) is 0 Å². The number of benzene rings is 1. The number of likely N-dealkylation sites (N-methyl/N-ethyl adjacent to an activating group) is 1. The Morgan fingerprint density at radius 2 is 1.69 bits per heavy atom. The molecule has 0 saturated carbocycles. The van der Waals surface area contributed by atoms with Gasteiger partial charge < -0.3 is 14.8 Å². The molecular weight excluding hydrogens is 336 g/mol. The number of nitrogens with zero attached hydrogens (tertiary/aromatic N) is 1. The number of carbonyl (C=O) groups is 3. The molecule has 0 heterocycles. The zero-order valence-corrected chi connectivity index (χ0v) is 16.2. The van der Waals surface area contributed by atoms with Gasteiger partial charge in [0.2, 0.25) is 5.91 Å². The van der Waals surface area contributed by atoms with E-state index in [1.165, 1.54) is 6.92 Å². The molecule has 0 spiro atoms. The van der Waals surface area contributed by atoms with Crippen LogP contribution in [0.15, 0.2) is 30.3 Å². The van der Waals surface area contributed by atoms with Crippen molar-refractivity contribution in [3.8, 4) is 0 Å². The zero-order chi connectivity index (χ0) is 19.9. The van der Waals surface area contributed by atoms with Crippen molar-refractivity contribution >= 4 is 18.0 Å². The Kier molecular flexibility index (Phi) is 7.76. The van der Waals surface area contributed by atoms with Gasteiger partial charge in [-0.3, -0.25) is 4.79 Å². The molecule has 7 nitrogen and oxygen atoms in total. The molecule has 0 aromatic heterocycles. The fraction of sp³-hybridized carbons (Fsp3) is 0.526. The summed E-state index contributed by atoms with van der Waals surface area (Å²) in [5.41, 5.74) is 0.0124. The third-order valence-electron chi connectivity index (χ3n) is 3.58. The molecule has 0 aliphatic heterocycles. The summed E-state index contributed by atoms with van der Waals surface area (Å²) in [4.78, 5) is 38.3. The Hall–Kier alpha value is -2.41. The molecule has 1 aromatic carbocycles. The van der Waals surface area contributed by atoms with Crippen LogP contribution in [0.2, 0.25) is 0 Å². The molecule has 0 saturated heterocycles. The number of ether oxygens (including phenoxy) is 2. The maximum absolute atomic E-state index is 12.6. The lowest BCUT2D eigenvalue weighted by molar-refractivity contribution is -0.155. The van der Waals surface area contributed by atoms with Crippen molar-refractivity contribution in [3.63, 3.8) is 0 Å². The van der Waals surface area contributed by atoms with E-state index in [4.69, 9.17) is 9.47 Å². The third kappa shape index (κ3) is 6.48. The summed E-state index contributed by atoms with van der Waals surface area (Å²) >= 11 is 0. The van der Waals surface area contributed by atoms with Crippen LogP contribution < -0.4 is 5.32 Å². The van der Waals surface area contributed by atoms with Crippen molar-refractivity contribution in [1.29, 1.82) is 0 Å². The Bertz CT molecular complexity index is 625. The van der Waals surface area contributed by atoms with Crippen molar-refractivity contribution in [3.05, 3.63) is 35.9 Å². The van der Waals surface area contributed by atoms with E-state index in [0.29, 0.717) is 0 Å². The predicted molar refractivity (Wildman–Crippen MR) is 97.3 cm³/mol. The molecule has 7 heteroatoms. The van der Waals surface area contributed by atoms with E-state index in [9.17, 15) is 14.4 Å². The standard InChI is InChI=1S/C19H28N2O5/c1-13(20-6)16(22)21(18(24)26-19(3,4)5)14(2)17(23)25-12-15-10-8-7-9-11-15/h7-11,13-14,20H,12H2,1-6H3/t13-,14-/m0/s1. The largest absolute Gasteiger partial charge is 0.459 e. The van der Waals surface area contributed by atoms with Crippen LogP contribution in [-0.4, -0.2) is 47.6 Å². The highest BCUT2D eigenvalue weighted by atomic mass is 16.6. The maximum atomic E-state index is 12.6. The van der Waals surface area contributed by atoms with Gasteiger partial charge in [-0.2, -0.15) is 0 Å². The van der Waals surface area contributed by atoms with Gasteiger partial charge in [0.15, 0.2) is 0 Å². The van der Waals surface area contributed by atoms with Crippen LogP contribution in [0, 0.1) is 0 Å². The lowest BCUT2D eigenvalue weighted by Gasteiger charge is -2.30. The van der Waals surface area contributed by atoms with Crippen LogP contribution in [0.5, 0.6) is 0 Å². The molecule has 144 valence electrons. The molecule has 26 heavy (non-hydrogen) atoms. The van der Waals surface area contributed by atoms with E-state index < -0.39 is 35.7 Å².